The first-order chi connectivity index (χ1) is 12.3. The molecule has 26 heavy (non-hydrogen) atoms. The Morgan fingerprint density at radius 1 is 1.35 bits per heavy atom. The summed E-state index contributed by atoms with van der Waals surface area (Å²) in [6.45, 7) is 14.1. The Bertz CT molecular complexity index is 502. The summed E-state index contributed by atoms with van der Waals surface area (Å²) < 4.78 is 12.0. The molecule has 1 N–H and O–H groups in total. The van der Waals surface area contributed by atoms with Crippen LogP contribution >= 0.6 is 0 Å². The molecule has 1 aliphatic heterocycles. The van der Waals surface area contributed by atoms with Crippen molar-refractivity contribution in [2.45, 2.75) is 85.8 Å². The molecule has 0 aromatic rings. The zero-order chi connectivity index (χ0) is 19.3. The van der Waals surface area contributed by atoms with E-state index in [2.05, 4.69) is 39.1 Å². The van der Waals surface area contributed by atoms with Crippen LogP contribution in [0.2, 0.25) is 0 Å². The minimum atomic E-state index is -0.321. The Hall–Kier alpha value is -1.03. The molecule has 1 aliphatic carbocycles. The summed E-state index contributed by atoms with van der Waals surface area (Å²) in [5, 5.41) is 2.82. The number of ether oxygens (including phenoxy) is 2. The second-order valence-electron chi connectivity index (χ2n) is 8.82. The Balaban J connectivity index is 2.06. The predicted octanol–water partition coefficient (Wildman–Crippen LogP) is 5.32. The first-order valence-corrected chi connectivity index (χ1v) is 10.5. The van der Waals surface area contributed by atoms with Gasteiger partial charge in [-0.05, 0) is 39.0 Å². The Kier molecular flexibility index (Phi) is 7.57. The fraction of sp³-hybridized carbons (Fsp3) is 0.864. The molecular formula is C22H39NO3. The molecule has 0 aromatic heterocycles. The van der Waals surface area contributed by atoms with Gasteiger partial charge in [-0.1, -0.05) is 58.1 Å². The first-order valence-electron chi connectivity index (χ1n) is 10.5. The molecule has 150 valence electrons. The third-order valence-electron chi connectivity index (χ3n) is 6.58. The highest BCUT2D eigenvalue weighted by Crippen LogP contribution is 2.53. The molecule has 4 heteroatoms. The van der Waals surface area contributed by atoms with Crippen LogP contribution in [0.15, 0.2) is 11.6 Å². The molecule has 1 amide bonds. The minimum absolute atomic E-state index is 0.0891. The zero-order valence-corrected chi connectivity index (χ0v) is 17.6. The lowest BCUT2D eigenvalue weighted by atomic mass is 9.56. The number of fused-ring (bicyclic) bond motifs is 2. The molecule has 0 spiro atoms. The highest BCUT2D eigenvalue weighted by atomic mass is 16.6. The van der Waals surface area contributed by atoms with Crippen molar-refractivity contribution in [3.05, 3.63) is 11.6 Å². The summed E-state index contributed by atoms with van der Waals surface area (Å²) >= 11 is 0. The molecule has 4 nitrogen and oxygen atoms in total. The number of hydrogen-bond acceptors (Lipinski definition) is 3. The van der Waals surface area contributed by atoms with Crippen LogP contribution in [0.4, 0.5) is 4.79 Å². The maximum absolute atomic E-state index is 12.0. The van der Waals surface area contributed by atoms with Crippen LogP contribution in [0.5, 0.6) is 0 Å². The lowest BCUT2D eigenvalue weighted by Crippen LogP contribution is -2.57. The molecule has 2 bridgehead atoms. The van der Waals surface area contributed by atoms with Crippen molar-refractivity contribution in [3.63, 3.8) is 0 Å². The third kappa shape index (κ3) is 4.62. The average Bonchev–Trinajstić information content (AvgIpc) is 2.56. The van der Waals surface area contributed by atoms with Gasteiger partial charge in [0, 0.05) is 17.4 Å². The number of alkyl carbamates (subject to hydrolysis) is 1. The standard InChI is InChI=1S/C22H39NO3/c1-7-8-9-10-11-19-20-16(4)12-17(5)22(13-25-19,18(20)6)14-26-21(24)23-15(2)3/h12,15,17-20H,7-11,13-14H2,1-6H3,(H,23,24)/t17-,18+,19+,20-,22+/m0/s1. The lowest BCUT2D eigenvalue weighted by Gasteiger charge is -2.55. The van der Waals surface area contributed by atoms with Gasteiger partial charge in [-0.15, -0.1) is 0 Å². The normalized spacial score (nSPS) is 33.7. The van der Waals surface area contributed by atoms with Crippen molar-refractivity contribution < 1.29 is 14.3 Å². The summed E-state index contributed by atoms with van der Waals surface area (Å²) in [6, 6.07) is 0.0891. The van der Waals surface area contributed by atoms with E-state index < -0.39 is 0 Å². The van der Waals surface area contributed by atoms with Crippen molar-refractivity contribution in [1.82, 2.24) is 5.32 Å². The maximum atomic E-state index is 12.0. The van der Waals surface area contributed by atoms with Crippen molar-refractivity contribution >= 4 is 6.09 Å². The maximum Gasteiger partial charge on any atom is 0.407 e. The number of hydrogen-bond donors (Lipinski definition) is 1. The number of nitrogens with one attached hydrogen (secondary N) is 1. The van der Waals surface area contributed by atoms with E-state index in [4.69, 9.17) is 9.47 Å². The van der Waals surface area contributed by atoms with E-state index in [0.717, 1.165) is 6.42 Å². The van der Waals surface area contributed by atoms with Crippen LogP contribution in [-0.2, 0) is 9.47 Å². The molecule has 1 fully saturated rings. The fourth-order valence-corrected chi connectivity index (χ4v) is 4.90. The van der Waals surface area contributed by atoms with Gasteiger partial charge in [-0.3, -0.25) is 0 Å². The van der Waals surface area contributed by atoms with Gasteiger partial charge in [0.25, 0.3) is 0 Å². The Morgan fingerprint density at radius 3 is 2.73 bits per heavy atom. The molecule has 5 atom stereocenters. The van der Waals surface area contributed by atoms with Crippen LogP contribution in [0.1, 0.15) is 73.6 Å². The van der Waals surface area contributed by atoms with Gasteiger partial charge in [0.05, 0.1) is 12.7 Å². The molecule has 0 aromatic carbocycles. The predicted molar refractivity (Wildman–Crippen MR) is 106 cm³/mol. The number of carbonyl (C=O) groups excluding carboxylic acids is 1. The lowest BCUT2D eigenvalue weighted by molar-refractivity contribution is -0.165. The van der Waals surface area contributed by atoms with Crippen molar-refractivity contribution in [2.24, 2.45) is 23.2 Å². The summed E-state index contributed by atoms with van der Waals surface area (Å²) in [7, 11) is 0. The molecule has 0 saturated carbocycles. The smallest absolute Gasteiger partial charge is 0.407 e. The van der Waals surface area contributed by atoms with E-state index in [1.54, 1.807) is 0 Å². The molecule has 2 rings (SSSR count). The molecule has 1 heterocycles. The van der Waals surface area contributed by atoms with Crippen LogP contribution in [0.3, 0.4) is 0 Å². The third-order valence-corrected chi connectivity index (χ3v) is 6.58. The topological polar surface area (TPSA) is 47.6 Å². The molecule has 0 unspecified atom stereocenters. The molecule has 2 aliphatic rings. The van der Waals surface area contributed by atoms with Crippen molar-refractivity contribution in [3.8, 4) is 0 Å². The van der Waals surface area contributed by atoms with Crippen LogP contribution in [-0.4, -0.2) is 31.5 Å². The summed E-state index contributed by atoms with van der Waals surface area (Å²) in [4.78, 5) is 12.0. The van der Waals surface area contributed by atoms with Crippen molar-refractivity contribution in [2.75, 3.05) is 13.2 Å². The van der Waals surface area contributed by atoms with Crippen molar-refractivity contribution in [1.29, 1.82) is 0 Å². The SMILES string of the molecule is CCCCCC[C@H]1OC[C@]2(COC(=O)NC(C)C)[C@H](C)[C@@H]1C(C)=C[C@@H]2C. The van der Waals surface area contributed by atoms with E-state index in [1.165, 1.54) is 31.3 Å². The summed E-state index contributed by atoms with van der Waals surface area (Å²) in [5.41, 5.74) is 1.34. The molecule has 1 saturated heterocycles. The summed E-state index contributed by atoms with van der Waals surface area (Å²) in [6.07, 6.45) is 8.63. The Morgan fingerprint density at radius 2 is 2.08 bits per heavy atom. The van der Waals surface area contributed by atoms with Gasteiger partial charge in [0.15, 0.2) is 0 Å². The first kappa shape index (κ1) is 21.3. The number of amides is 1. The van der Waals surface area contributed by atoms with Gasteiger partial charge >= 0.3 is 6.09 Å². The van der Waals surface area contributed by atoms with E-state index >= 15 is 0 Å². The number of unbranched alkanes of at least 4 members (excludes halogenated alkanes) is 3. The van der Waals surface area contributed by atoms with E-state index in [1.807, 2.05) is 13.8 Å². The fourth-order valence-electron chi connectivity index (χ4n) is 4.90. The van der Waals surface area contributed by atoms with Gasteiger partial charge in [-0.2, -0.15) is 0 Å². The van der Waals surface area contributed by atoms with Gasteiger partial charge in [-0.25, -0.2) is 4.79 Å². The van der Waals surface area contributed by atoms with Gasteiger partial charge < -0.3 is 14.8 Å². The quantitative estimate of drug-likeness (QED) is 0.467. The van der Waals surface area contributed by atoms with E-state index in [-0.39, 0.29) is 17.6 Å². The van der Waals surface area contributed by atoms with Gasteiger partial charge in [0.1, 0.15) is 6.61 Å². The number of rotatable bonds is 8. The number of carbonyl (C=O) groups is 1. The average molecular weight is 366 g/mol. The van der Waals surface area contributed by atoms with E-state index in [0.29, 0.717) is 37.1 Å². The highest BCUT2D eigenvalue weighted by Gasteiger charge is 2.53. The van der Waals surface area contributed by atoms with Crippen LogP contribution in [0.25, 0.3) is 0 Å². The largest absolute Gasteiger partial charge is 0.449 e. The van der Waals surface area contributed by atoms with Gasteiger partial charge in [0.2, 0.25) is 0 Å². The monoisotopic (exact) mass is 365 g/mol. The highest BCUT2D eigenvalue weighted by molar-refractivity contribution is 5.67. The second-order valence-corrected chi connectivity index (χ2v) is 8.82. The summed E-state index contributed by atoms with van der Waals surface area (Å²) in [5.74, 6) is 1.25. The van der Waals surface area contributed by atoms with E-state index in [9.17, 15) is 4.79 Å². The van der Waals surface area contributed by atoms with Crippen LogP contribution in [0, 0.1) is 23.2 Å². The number of allylic oxidation sites excluding steroid dienone is 1. The zero-order valence-electron chi connectivity index (χ0n) is 17.6. The molecular weight excluding hydrogens is 326 g/mol. The molecule has 0 radical (unpaired) electrons. The second kappa shape index (κ2) is 9.25. The Labute approximate surface area is 160 Å². The minimum Gasteiger partial charge on any atom is -0.449 e. The van der Waals surface area contributed by atoms with Crippen LogP contribution < -0.4 is 5.32 Å².